The van der Waals surface area contributed by atoms with E-state index in [4.69, 9.17) is 4.74 Å². The van der Waals surface area contributed by atoms with Gasteiger partial charge < -0.3 is 4.74 Å². The Hall–Kier alpha value is -1.57. The first-order chi connectivity index (χ1) is 11.6. The normalized spacial score (nSPS) is 10.6. The van der Waals surface area contributed by atoms with Crippen LogP contribution >= 0.6 is 0 Å². The number of carbonyl (C=O) groups excluding carboxylic acids is 1. The van der Waals surface area contributed by atoms with E-state index in [2.05, 4.69) is 19.6 Å². The third kappa shape index (κ3) is 8.90. The van der Waals surface area contributed by atoms with Crippen molar-refractivity contribution in [2.45, 2.75) is 84.5 Å². The average Bonchev–Trinajstić information content (AvgIpc) is 2.57. The van der Waals surface area contributed by atoms with Gasteiger partial charge in [-0.3, -0.25) is 0 Å². The molecule has 0 unspecified atom stereocenters. The lowest BCUT2D eigenvalue weighted by Gasteiger charge is -2.10. The second kappa shape index (κ2) is 12.8. The maximum atomic E-state index is 11.7. The van der Waals surface area contributed by atoms with Gasteiger partial charge in [0.05, 0.1) is 0 Å². The van der Waals surface area contributed by atoms with E-state index in [1.54, 1.807) is 6.92 Å². The maximum Gasteiger partial charge on any atom is 0.338 e. The first kappa shape index (κ1) is 20.5. The molecule has 2 heteroatoms. The Morgan fingerprint density at radius 1 is 0.917 bits per heavy atom. The fourth-order valence-corrected chi connectivity index (χ4v) is 2.80. The summed E-state index contributed by atoms with van der Waals surface area (Å²) in [4.78, 5) is 11.7. The highest BCUT2D eigenvalue weighted by molar-refractivity contribution is 5.88. The van der Waals surface area contributed by atoms with E-state index in [1.165, 1.54) is 57.8 Å². The largest absolute Gasteiger partial charge is 0.423 e. The van der Waals surface area contributed by atoms with E-state index in [0.717, 1.165) is 18.4 Å². The molecule has 0 aliphatic rings. The summed E-state index contributed by atoms with van der Waals surface area (Å²) in [7, 11) is 0. The lowest BCUT2D eigenvalue weighted by atomic mass is 10.0. The molecule has 0 aliphatic carbocycles. The summed E-state index contributed by atoms with van der Waals surface area (Å²) >= 11 is 0. The van der Waals surface area contributed by atoms with E-state index >= 15 is 0 Å². The highest BCUT2D eigenvalue weighted by atomic mass is 16.5. The quantitative estimate of drug-likeness (QED) is 0.175. The van der Waals surface area contributed by atoms with Crippen LogP contribution in [-0.2, 0) is 11.2 Å². The molecule has 1 rings (SSSR count). The van der Waals surface area contributed by atoms with Crippen molar-refractivity contribution >= 4 is 5.97 Å². The number of ether oxygens (including phenoxy) is 1. The van der Waals surface area contributed by atoms with Crippen LogP contribution in [0.4, 0.5) is 0 Å². The number of hydrogen-bond acceptors (Lipinski definition) is 2. The number of carbonyl (C=O) groups is 1. The summed E-state index contributed by atoms with van der Waals surface area (Å²) < 4.78 is 5.41. The Kier molecular flexibility index (Phi) is 10.9. The molecule has 1 aromatic rings. The van der Waals surface area contributed by atoms with Crippen LogP contribution in [0.3, 0.4) is 0 Å². The van der Waals surface area contributed by atoms with Crippen LogP contribution in [0.15, 0.2) is 36.4 Å². The summed E-state index contributed by atoms with van der Waals surface area (Å²) in [5.41, 5.74) is 1.55. The molecule has 24 heavy (non-hydrogen) atoms. The monoisotopic (exact) mass is 330 g/mol. The van der Waals surface area contributed by atoms with Crippen LogP contribution in [0.2, 0.25) is 0 Å². The zero-order valence-electron chi connectivity index (χ0n) is 15.6. The third-order valence-electron chi connectivity index (χ3n) is 4.32. The van der Waals surface area contributed by atoms with E-state index < -0.39 is 0 Å². The molecule has 0 atom stereocenters. The van der Waals surface area contributed by atoms with Crippen molar-refractivity contribution in [1.29, 1.82) is 0 Å². The molecule has 0 fully saturated rings. The fraction of sp³-hybridized carbons (Fsp3) is 0.591. The van der Waals surface area contributed by atoms with Gasteiger partial charge in [0.15, 0.2) is 0 Å². The van der Waals surface area contributed by atoms with Crippen molar-refractivity contribution < 1.29 is 9.53 Å². The van der Waals surface area contributed by atoms with Gasteiger partial charge in [0.1, 0.15) is 5.75 Å². The zero-order chi connectivity index (χ0) is 17.6. The van der Waals surface area contributed by atoms with Gasteiger partial charge in [-0.05, 0) is 31.4 Å². The van der Waals surface area contributed by atoms with Gasteiger partial charge in [0, 0.05) is 5.57 Å². The van der Waals surface area contributed by atoms with Crippen LogP contribution in [0, 0.1) is 0 Å². The predicted molar refractivity (Wildman–Crippen MR) is 102 cm³/mol. The van der Waals surface area contributed by atoms with Crippen molar-refractivity contribution in [2.24, 2.45) is 0 Å². The van der Waals surface area contributed by atoms with E-state index in [0.29, 0.717) is 11.3 Å². The molecule has 0 spiro atoms. The number of hydrogen-bond donors (Lipinski definition) is 0. The van der Waals surface area contributed by atoms with Gasteiger partial charge in [-0.15, -0.1) is 0 Å². The molecule has 1 aromatic carbocycles. The van der Waals surface area contributed by atoms with E-state index in [9.17, 15) is 4.79 Å². The maximum absolute atomic E-state index is 11.7. The summed E-state index contributed by atoms with van der Waals surface area (Å²) in [5.74, 6) is 0.340. The van der Waals surface area contributed by atoms with Crippen molar-refractivity contribution in [3.63, 3.8) is 0 Å². The Balaban J connectivity index is 2.19. The minimum atomic E-state index is -0.342. The fourth-order valence-electron chi connectivity index (χ4n) is 2.80. The molecule has 0 heterocycles. The Labute approximate surface area is 148 Å². The number of esters is 1. The molecular formula is C22H34O2. The summed E-state index contributed by atoms with van der Waals surface area (Å²) in [6.45, 7) is 7.57. The second-order valence-corrected chi connectivity index (χ2v) is 6.71. The van der Waals surface area contributed by atoms with Gasteiger partial charge >= 0.3 is 5.97 Å². The van der Waals surface area contributed by atoms with Crippen molar-refractivity contribution in [3.05, 3.63) is 42.0 Å². The molecule has 0 saturated heterocycles. The highest BCUT2D eigenvalue weighted by Crippen LogP contribution is 2.21. The van der Waals surface area contributed by atoms with Gasteiger partial charge in [0.2, 0.25) is 0 Å². The molecule has 0 aromatic heterocycles. The minimum Gasteiger partial charge on any atom is -0.423 e. The Morgan fingerprint density at radius 2 is 1.46 bits per heavy atom. The van der Waals surface area contributed by atoms with Crippen LogP contribution in [0.1, 0.15) is 83.6 Å². The van der Waals surface area contributed by atoms with Crippen LogP contribution in [0.5, 0.6) is 5.75 Å². The van der Waals surface area contributed by atoms with Crippen LogP contribution in [0.25, 0.3) is 0 Å². The number of para-hydroxylation sites is 1. The van der Waals surface area contributed by atoms with Crippen molar-refractivity contribution in [1.82, 2.24) is 0 Å². The third-order valence-corrected chi connectivity index (χ3v) is 4.32. The summed E-state index contributed by atoms with van der Waals surface area (Å²) in [6, 6.07) is 7.83. The number of benzene rings is 1. The first-order valence-electron chi connectivity index (χ1n) is 9.60. The van der Waals surface area contributed by atoms with Gasteiger partial charge in [-0.2, -0.15) is 0 Å². The SMILES string of the molecule is C=C(C)C(=O)Oc1ccccc1CCCCCCCCCCCC. The molecule has 0 bridgehead atoms. The zero-order valence-corrected chi connectivity index (χ0v) is 15.6. The summed E-state index contributed by atoms with van der Waals surface area (Å²) in [5, 5.41) is 0. The molecular weight excluding hydrogens is 296 g/mol. The first-order valence-corrected chi connectivity index (χ1v) is 9.60. The Bertz CT molecular complexity index is 490. The molecule has 134 valence electrons. The Morgan fingerprint density at radius 3 is 2.04 bits per heavy atom. The topological polar surface area (TPSA) is 26.3 Å². The molecule has 2 nitrogen and oxygen atoms in total. The molecule has 0 amide bonds. The van der Waals surface area contributed by atoms with Crippen molar-refractivity contribution in [3.8, 4) is 5.75 Å². The standard InChI is InChI=1S/C22H34O2/c1-4-5-6-7-8-9-10-11-12-13-16-20-17-14-15-18-21(20)24-22(23)19(2)3/h14-15,17-18H,2,4-13,16H2,1,3H3. The van der Waals surface area contributed by atoms with E-state index in [1.807, 2.05) is 18.2 Å². The number of unbranched alkanes of at least 4 members (excludes halogenated alkanes) is 9. The molecule has 0 aliphatic heterocycles. The minimum absolute atomic E-state index is 0.342. The lowest BCUT2D eigenvalue weighted by molar-refractivity contribution is -0.130. The predicted octanol–water partition coefficient (Wildman–Crippen LogP) is 6.63. The number of aryl methyl sites for hydroxylation is 1. The second-order valence-electron chi connectivity index (χ2n) is 6.71. The molecule has 0 radical (unpaired) electrons. The lowest BCUT2D eigenvalue weighted by Crippen LogP contribution is -2.09. The van der Waals surface area contributed by atoms with E-state index in [-0.39, 0.29) is 5.97 Å². The van der Waals surface area contributed by atoms with Crippen LogP contribution in [-0.4, -0.2) is 5.97 Å². The average molecular weight is 331 g/mol. The molecule has 0 saturated carbocycles. The molecule has 0 N–H and O–H groups in total. The number of rotatable bonds is 13. The van der Waals surface area contributed by atoms with Gasteiger partial charge in [-0.1, -0.05) is 89.5 Å². The van der Waals surface area contributed by atoms with Gasteiger partial charge in [0.25, 0.3) is 0 Å². The smallest absolute Gasteiger partial charge is 0.338 e. The van der Waals surface area contributed by atoms with Crippen LogP contribution < -0.4 is 4.74 Å². The van der Waals surface area contributed by atoms with Gasteiger partial charge in [-0.25, -0.2) is 4.79 Å². The van der Waals surface area contributed by atoms with Crippen molar-refractivity contribution in [2.75, 3.05) is 0 Å². The summed E-state index contributed by atoms with van der Waals surface area (Å²) in [6.07, 6.45) is 14.3. The highest BCUT2D eigenvalue weighted by Gasteiger charge is 2.09.